The number of H-pyrrole nitrogens is 1. The molecule has 0 bridgehead atoms. The maximum absolute atomic E-state index is 10.0. The highest BCUT2D eigenvalue weighted by atomic mass is 16.4. The first-order chi connectivity index (χ1) is 6.72. The molecule has 80 valence electrons. The van der Waals surface area contributed by atoms with Gasteiger partial charge in [-0.05, 0) is 13.0 Å². The van der Waals surface area contributed by atoms with E-state index in [2.05, 4.69) is 17.1 Å². The van der Waals surface area contributed by atoms with Crippen LogP contribution in [0.4, 0.5) is 0 Å². The number of unbranched alkanes of at least 4 members (excludes halogenated alkanes) is 2. The van der Waals surface area contributed by atoms with Crippen LogP contribution in [0.25, 0.3) is 0 Å². The summed E-state index contributed by atoms with van der Waals surface area (Å²) in [6, 6.07) is 0. The second-order valence-electron chi connectivity index (χ2n) is 2.79. The van der Waals surface area contributed by atoms with Gasteiger partial charge in [0, 0.05) is 6.20 Å². The van der Waals surface area contributed by atoms with Crippen LogP contribution in [0.2, 0.25) is 0 Å². The molecule has 0 spiro atoms. The van der Waals surface area contributed by atoms with E-state index in [1.807, 2.05) is 0 Å². The summed E-state index contributed by atoms with van der Waals surface area (Å²) in [6.07, 6.45) is 6.33. The van der Waals surface area contributed by atoms with E-state index in [0.29, 0.717) is 0 Å². The van der Waals surface area contributed by atoms with Crippen LogP contribution in [0.5, 0.6) is 0 Å². The number of carboxylic acid groups (broad SMARTS) is 1. The third-order valence-corrected chi connectivity index (χ3v) is 1.55. The summed E-state index contributed by atoms with van der Waals surface area (Å²) in [6.45, 7) is 3.03. The highest BCUT2D eigenvalue weighted by Gasteiger charge is 1.99. The summed E-state index contributed by atoms with van der Waals surface area (Å²) < 4.78 is 0. The number of rotatable bonds is 4. The largest absolute Gasteiger partial charge is 0.478 e. The molecule has 0 saturated heterocycles. The normalized spacial score (nSPS) is 9.00. The minimum atomic E-state index is -0.959. The fraction of sp³-hybridized carbons (Fsp3) is 0.556. The Morgan fingerprint density at radius 3 is 2.57 bits per heavy atom. The van der Waals surface area contributed by atoms with Crippen LogP contribution in [0, 0.1) is 0 Å². The maximum Gasteiger partial charge on any atom is 0.338 e. The van der Waals surface area contributed by atoms with Crippen molar-refractivity contribution < 1.29 is 9.90 Å². The lowest BCUT2D eigenvalue weighted by molar-refractivity contribution is 0.0697. The van der Waals surface area contributed by atoms with E-state index in [9.17, 15) is 4.79 Å². The Bertz CT molecular complexity index is 230. The molecular formula is C9H17N3O2. The summed E-state index contributed by atoms with van der Waals surface area (Å²) in [5, 5.41) is 14.0. The molecule has 0 radical (unpaired) electrons. The van der Waals surface area contributed by atoms with Gasteiger partial charge in [-0.15, -0.1) is 0 Å². The van der Waals surface area contributed by atoms with E-state index in [4.69, 9.17) is 10.8 Å². The van der Waals surface area contributed by atoms with Crippen LogP contribution in [0.3, 0.4) is 0 Å². The second-order valence-corrected chi connectivity index (χ2v) is 2.79. The van der Waals surface area contributed by atoms with E-state index in [1.54, 1.807) is 0 Å². The molecule has 0 aliphatic carbocycles. The Labute approximate surface area is 83.3 Å². The van der Waals surface area contributed by atoms with E-state index < -0.39 is 5.97 Å². The monoisotopic (exact) mass is 199 g/mol. The van der Waals surface area contributed by atoms with Crippen molar-refractivity contribution in [1.82, 2.24) is 10.2 Å². The molecule has 0 fully saturated rings. The van der Waals surface area contributed by atoms with Crippen molar-refractivity contribution in [1.29, 1.82) is 0 Å². The molecule has 0 aliphatic rings. The second kappa shape index (κ2) is 8.25. The third kappa shape index (κ3) is 6.19. The number of carboxylic acids is 1. The number of nitrogens with two attached hydrogens (primary N) is 1. The maximum atomic E-state index is 10.0. The predicted octanol–water partition coefficient (Wildman–Crippen LogP) is 1.24. The van der Waals surface area contributed by atoms with Crippen molar-refractivity contribution in [2.75, 3.05) is 6.54 Å². The van der Waals surface area contributed by atoms with Crippen molar-refractivity contribution in [2.45, 2.75) is 26.2 Å². The molecule has 0 amide bonds. The van der Waals surface area contributed by atoms with Gasteiger partial charge < -0.3 is 10.8 Å². The van der Waals surface area contributed by atoms with Gasteiger partial charge in [-0.25, -0.2) is 4.79 Å². The van der Waals surface area contributed by atoms with Crippen LogP contribution in [-0.4, -0.2) is 27.8 Å². The lowest BCUT2D eigenvalue weighted by Crippen LogP contribution is -1.96. The molecule has 5 nitrogen and oxygen atoms in total. The van der Waals surface area contributed by atoms with Gasteiger partial charge >= 0.3 is 5.97 Å². The van der Waals surface area contributed by atoms with E-state index in [-0.39, 0.29) is 5.56 Å². The molecule has 0 saturated carbocycles. The topological polar surface area (TPSA) is 92.0 Å². The highest BCUT2D eigenvalue weighted by molar-refractivity contribution is 5.86. The summed E-state index contributed by atoms with van der Waals surface area (Å²) >= 11 is 0. The number of aromatic carboxylic acids is 1. The number of carbonyl (C=O) groups is 1. The predicted molar refractivity (Wildman–Crippen MR) is 54.1 cm³/mol. The number of aromatic nitrogens is 2. The lowest BCUT2D eigenvalue weighted by atomic mass is 10.3. The Kier molecular flexibility index (Phi) is 7.45. The molecule has 0 aliphatic heterocycles. The molecule has 5 heteroatoms. The minimum Gasteiger partial charge on any atom is -0.478 e. The average molecular weight is 199 g/mol. The van der Waals surface area contributed by atoms with Crippen LogP contribution >= 0.6 is 0 Å². The van der Waals surface area contributed by atoms with Crippen molar-refractivity contribution in [3.63, 3.8) is 0 Å². The first-order valence-corrected chi connectivity index (χ1v) is 4.64. The first-order valence-electron chi connectivity index (χ1n) is 4.64. The van der Waals surface area contributed by atoms with Crippen molar-refractivity contribution in [3.8, 4) is 0 Å². The third-order valence-electron chi connectivity index (χ3n) is 1.55. The van der Waals surface area contributed by atoms with Gasteiger partial charge in [-0.1, -0.05) is 19.8 Å². The molecule has 0 atom stereocenters. The Balaban J connectivity index is 0.000000255. The standard InChI is InChI=1S/C5H13N.C4H4N2O2/c1-2-3-4-5-6;7-4(8)3-1-5-6-2-3/h2-6H2,1H3;1-2H,(H,5,6)(H,7,8). The number of hydrogen-bond acceptors (Lipinski definition) is 3. The van der Waals surface area contributed by atoms with Gasteiger partial charge in [-0.2, -0.15) is 5.10 Å². The molecule has 1 aromatic rings. The zero-order chi connectivity index (χ0) is 10.8. The minimum absolute atomic E-state index is 0.185. The molecule has 14 heavy (non-hydrogen) atoms. The van der Waals surface area contributed by atoms with Gasteiger partial charge in [-0.3, -0.25) is 5.10 Å². The molecule has 1 rings (SSSR count). The summed E-state index contributed by atoms with van der Waals surface area (Å²) in [5.74, 6) is -0.959. The average Bonchev–Trinajstić information content (AvgIpc) is 2.68. The van der Waals surface area contributed by atoms with Gasteiger partial charge in [0.05, 0.1) is 11.8 Å². The van der Waals surface area contributed by atoms with Gasteiger partial charge in [0.2, 0.25) is 0 Å². The number of nitrogens with zero attached hydrogens (tertiary/aromatic N) is 1. The smallest absolute Gasteiger partial charge is 0.338 e. The molecule has 4 N–H and O–H groups in total. The fourth-order valence-corrected chi connectivity index (χ4v) is 0.762. The fourth-order valence-electron chi connectivity index (χ4n) is 0.762. The van der Waals surface area contributed by atoms with Crippen molar-refractivity contribution in [3.05, 3.63) is 18.0 Å². The van der Waals surface area contributed by atoms with Crippen LogP contribution in [0.1, 0.15) is 36.5 Å². The van der Waals surface area contributed by atoms with Gasteiger partial charge in [0.15, 0.2) is 0 Å². The van der Waals surface area contributed by atoms with E-state index >= 15 is 0 Å². The number of nitrogens with one attached hydrogen (secondary N) is 1. The first kappa shape index (κ1) is 12.6. The van der Waals surface area contributed by atoms with Crippen molar-refractivity contribution >= 4 is 5.97 Å². The zero-order valence-corrected chi connectivity index (χ0v) is 8.36. The quantitative estimate of drug-likeness (QED) is 0.636. The Morgan fingerprint density at radius 2 is 2.36 bits per heavy atom. The van der Waals surface area contributed by atoms with Gasteiger partial charge in [0.25, 0.3) is 0 Å². The van der Waals surface area contributed by atoms with Gasteiger partial charge in [0.1, 0.15) is 0 Å². The summed E-state index contributed by atoms with van der Waals surface area (Å²) in [5.41, 5.74) is 5.40. The lowest BCUT2D eigenvalue weighted by Gasteiger charge is -1.86. The van der Waals surface area contributed by atoms with Crippen LogP contribution in [0.15, 0.2) is 12.4 Å². The molecular weight excluding hydrogens is 182 g/mol. The molecule has 0 aromatic carbocycles. The number of aromatic amines is 1. The van der Waals surface area contributed by atoms with E-state index in [1.165, 1.54) is 31.7 Å². The number of hydrogen-bond donors (Lipinski definition) is 3. The molecule has 1 aromatic heterocycles. The van der Waals surface area contributed by atoms with Crippen LogP contribution < -0.4 is 5.73 Å². The SMILES string of the molecule is CCCCCN.O=C(O)c1cn[nH]c1. The van der Waals surface area contributed by atoms with Crippen LogP contribution in [-0.2, 0) is 0 Å². The van der Waals surface area contributed by atoms with Crippen molar-refractivity contribution in [2.24, 2.45) is 5.73 Å². The molecule has 0 unspecified atom stereocenters. The summed E-state index contributed by atoms with van der Waals surface area (Å²) in [4.78, 5) is 10.0. The summed E-state index contributed by atoms with van der Waals surface area (Å²) in [7, 11) is 0. The Hall–Kier alpha value is -1.36. The zero-order valence-electron chi connectivity index (χ0n) is 8.36. The Morgan fingerprint density at radius 1 is 1.64 bits per heavy atom. The van der Waals surface area contributed by atoms with E-state index in [0.717, 1.165) is 6.54 Å². The highest BCUT2D eigenvalue weighted by Crippen LogP contribution is 1.90. The molecule has 1 heterocycles.